The second kappa shape index (κ2) is 9.78. The summed E-state index contributed by atoms with van der Waals surface area (Å²) in [7, 11) is 0. The Kier molecular flexibility index (Phi) is 6.63. The third kappa shape index (κ3) is 4.37. The van der Waals surface area contributed by atoms with E-state index >= 15 is 0 Å². The number of hydrogen-bond donors (Lipinski definition) is 0. The largest absolute Gasteiger partial charge is 0.460 e. The summed E-state index contributed by atoms with van der Waals surface area (Å²) >= 11 is 0. The third-order valence-corrected chi connectivity index (χ3v) is 9.24. The Bertz CT molecular complexity index is 1200. The van der Waals surface area contributed by atoms with E-state index in [-0.39, 0.29) is 17.9 Å². The molecule has 0 spiro atoms. The van der Waals surface area contributed by atoms with Crippen molar-refractivity contribution in [1.29, 1.82) is 0 Å². The molecule has 2 saturated carbocycles. The topological polar surface area (TPSA) is 108 Å². The van der Waals surface area contributed by atoms with Crippen molar-refractivity contribution in [1.82, 2.24) is 4.90 Å². The number of carbonyl (C=O) groups is 4. The molecule has 4 bridgehead atoms. The molecule has 6 rings (SSSR count). The predicted molar refractivity (Wildman–Crippen MR) is 133 cm³/mol. The number of benzene rings is 1. The predicted octanol–water partition coefficient (Wildman–Crippen LogP) is 3.00. The zero-order chi connectivity index (χ0) is 28.5. The average Bonchev–Trinajstić information content (AvgIpc) is 3.69. The minimum atomic E-state index is -3.21. The fraction of sp³-hybridized carbons (Fsp3) is 0.655. The summed E-state index contributed by atoms with van der Waals surface area (Å²) in [5, 5.41) is 0. The molecule has 3 saturated heterocycles. The lowest BCUT2D eigenvalue weighted by Crippen LogP contribution is -2.50. The Hall–Kier alpha value is -3.08. The van der Waals surface area contributed by atoms with Crippen LogP contribution in [-0.4, -0.2) is 71.6 Å². The minimum Gasteiger partial charge on any atom is -0.460 e. The summed E-state index contributed by atoms with van der Waals surface area (Å²) < 4.78 is 49.2. The lowest BCUT2D eigenvalue weighted by Gasteiger charge is -2.36. The molecule has 1 aromatic rings. The number of halogens is 2. The summed E-state index contributed by atoms with van der Waals surface area (Å²) in [6.45, 7) is 3.32. The van der Waals surface area contributed by atoms with E-state index in [1.54, 1.807) is 35.2 Å². The maximum absolute atomic E-state index is 13.7. The number of ether oxygens (including phenoxy) is 4. The number of amides is 1. The van der Waals surface area contributed by atoms with E-state index in [1.807, 2.05) is 13.8 Å². The molecule has 0 radical (unpaired) electrons. The van der Waals surface area contributed by atoms with Crippen molar-refractivity contribution in [2.75, 3.05) is 6.61 Å². The zero-order valence-corrected chi connectivity index (χ0v) is 22.5. The van der Waals surface area contributed by atoms with Crippen LogP contribution in [-0.2, 0) is 33.4 Å². The molecule has 0 N–H and O–H groups in total. The lowest BCUT2D eigenvalue weighted by molar-refractivity contribution is -0.173. The molecule has 1 amide bonds. The first kappa shape index (κ1) is 27.1. The van der Waals surface area contributed by atoms with Crippen LogP contribution in [0, 0.1) is 35.5 Å². The van der Waals surface area contributed by atoms with E-state index < -0.39 is 84.4 Å². The first-order valence-corrected chi connectivity index (χ1v) is 14.0. The highest BCUT2D eigenvalue weighted by atomic mass is 19.3. The molecular weight excluding hydrogens is 528 g/mol. The molecule has 3 aliphatic heterocycles. The van der Waals surface area contributed by atoms with E-state index in [0.29, 0.717) is 31.9 Å². The van der Waals surface area contributed by atoms with Gasteiger partial charge in [-0.2, -0.15) is 0 Å². The van der Waals surface area contributed by atoms with Crippen molar-refractivity contribution < 1.29 is 46.9 Å². The molecule has 0 aromatic heterocycles. The van der Waals surface area contributed by atoms with Crippen LogP contribution < -0.4 is 4.74 Å². The minimum absolute atomic E-state index is 0.147. The van der Waals surface area contributed by atoms with Crippen molar-refractivity contribution in [3.05, 3.63) is 30.3 Å². The first-order chi connectivity index (χ1) is 19.0. The van der Waals surface area contributed by atoms with Gasteiger partial charge in [0, 0.05) is 18.9 Å². The number of likely N-dealkylation sites (tertiary alicyclic amines) is 1. The molecule has 216 valence electrons. The van der Waals surface area contributed by atoms with Gasteiger partial charge in [0.05, 0.1) is 41.9 Å². The van der Waals surface area contributed by atoms with Crippen LogP contribution in [0.5, 0.6) is 5.75 Å². The number of carbonyl (C=O) groups excluding carboxylic acids is 4. The molecule has 2 aliphatic carbocycles. The van der Waals surface area contributed by atoms with Crippen molar-refractivity contribution >= 4 is 23.8 Å². The molecule has 40 heavy (non-hydrogen) atoms. The fourth-order valence-corrected chi connectivity index (χ4v) is 7.88. The third-order valence-electron chi connectivity index (χ3n) is 9.24. The van der Waals surface area contributed by atoms with Gasteiger partial charge in [0.1, 0.15) is 11.9 Å². The van der Waals surface area contributed by atoms with E-state index in [2.05, 4.69) is 0 Å². The van der Waals surface area contributed by atoms with Crippen LogP contribution in [0.3, 0.4) is 0 Å². The summed E-state index contributed by atoms with van der Waals surface area (Å²) in [6, 6.07) is 8.02. The lowest BCUT2D eigenvalue weighted by atomic mass is 9.77. The Morgan fingerprint density at radius 3 is 2.27 bits per heavy atom. The Balaban J connectivity index is 1.24. The van der Waals surface area contributed by atoms with Crippen molar-refractivity contribution in [3.8, 4) is 5.75 Å². The quantitative estimate of drug-likeness (QED) is 0.352. The second-order valence-corrected chi connectivity index (χ2v) is 12.1. The van der Waals surface area contributed by atoms with Crippen LogP contribution in [0.4, 0.5) is 8.78 Å². The van der Waals surface area contributed by atoms with Gasteiger partial charge in [-0.1, -0.05) is 18.2 Å². The van der Waals surface area contributed by atoms with Crippen molar-refractivity contribution in [2.24, 2.45) is 35.5 Å². The fourth-order valence-electron chi connectivity index (χ4n) is 7.88. The van der Waals surface area contributed by atoms with Crippen LogP contribution in [0.1, 0.15) is 40.0 Å². The Labute approximate surface area is 230 Å². The molecule has 11 heteroatoms. The highest BCUT2D eigenvalue weighted by Gasteiger charge is 2.71. The van der Waals surface area contributed by atoms with Crippen LogP contribution in [0.25, 0.3) is 0 Å². The normalized spacial score (nSPS) is 37.4. The van der Waals surface area contributed by atoms with Gasteiger partial charge < -0.3 is 23.8 Å². The SMILES string of the molecule is CC(C)N1C(=O)C2C3CC(C(OC(=O)C4C5CCC(O5)C4C(=O)OCC(C)(F)F)C31)C2C(=O)Oc1ccccc1. The van der Waals surface area contributed by atoms with Gasteiger partial charge in [-0.15, -0.1) is 0 Å². The average molecular weight is 562 g/mol. The van der Waals surface area contributed by atoms with Gasteiger partial charge >= 0.3 is 17.9 Å². The summed E-state index contributed by atoms with van der Waals surface area (Å²) in [5.74, 6) is -9.11. The van der Waals surface area contributed by atoms with Gasteiger partial charge in [0.15, 0.2) is 6.61 Å². The van der Waals surface area contributed by atoms with Crippen LogP contribution >= 0.6 is 0 Å². The summed E-state index contributed by atoms with van der Waals surface area (Å²) in [4.78, 5) is 55.2. The second-order valence-electron chi connectivity index (χ2n) is 12.1. The molecule has 10 atom stereocenters. The number of rotatable bonds is 8. The summed E-state index contributed by atoms with van der Waals surface area (Å²) in [5.41, 5.74) is 0. The van der Waals surface area contributed by atoms with Crippen LogP contribution in [0.2, 0.25) is 0 Å². The standard InChI is InChI=1S/C29H33F2NO8/c1-13(2)32-23-15-11-16(20(19(15)25(32)33)27(35)38-14-7-5-4-6-8-14)24(23)40-28(36)22-18-10-9-17(39-18)21(22)26(34)37-12-29(3,30)31/h4-8,13,15-24H,9-12H2,1-3H3. The molecule has 3 heterocycles. The zero-order valence-electron chi connectivity index (χ0n) is 22.5. The first-order valence-electron chi connectivity index (χ1n) is 14.0. The number of nitrogens with zero attached hydrogens (tertiary/aromatic N) is 1. The highest BCUT2D eigenvalue weighted by Crippen LogP contribution is 2.60. The van der Waals surface area contributed by atoms with Gasteiger partial charge in [0.25, 0.3) is 5.92 Å². The Morgan fingerprint density at radius 1 is 1.00 bits per heavy atom. The Morgan fingerprint density at radius 2 is 1.65 bits per heavy atom. The number of hydrogen-bond acceptors (Lipinski definition) is 8. The molecular formula is C29H33F2NO8. The maximum Gasteiger partial charge on any atom is 0.315 e. The monoisotopic (exact) mass is 561 g/mol. The highest BCUT2D eigenvalue weighted by molar-refractivity contribution is 5.91. The molecule has 9 nitrogen and oxygen atoms in total. The number of alkyl halides is 2. The van der Waals surface area contributed by atoms with Gasteiger partial charge in [0.2, 0.25) is 5.91 Å². The molecule has 5 aliphatic rings. The number of esters is 3. The van der Waals surface area contributed by atoms with Crippen molar-refractivity contribution in [3.63, 3.8) is 0 Å². The smallest absolute Gasteiger partial charge is 0.315 e. The van der Waals surface area contributed by atoms with Crippen molar-refractivity contribution in [2.45, 2.75) is 76.4 Å². The van der Waals surface area contributed by atoms with Crippen LogP contribution in [0.15, 0.2) is 30.3 Å². The molecule has 1 aromatic carbocycles. The van der Waals surface area contributed by atoms with E-state index in [1.165, 1.54) is 0 Å². The van der Waals surface area contributed by atoms with E-state index in [0.717, 1.165) is 0 Å². The van der Waals surface area contributed by atoms with Gasteiger partial charge in [-0.05, 0) is 51.2 Å². The van der Waals surface area contributed by atoms with Gasteiger partial charge in [-0.3, -0.25) is 19.2 Å². The molecule has 10 unspecified atom stereocenters. The maximum atomic E-state index is 13.7. The number of fused-ring (bicyclic) bond motifs is 3. The van der Waals surface area contributed by atoms with E-state index in [9.17, 15) is 28.0 Å². The summed E-state index contributed by atoms with van der Waals surface area (Å²) in [6.07, 6.45) is -0.401. The van der Waals surface area contributed by atoms with E-state index in [4.69, 9.17) is 18.9 Å². The number of para-hydroxylation sites is 1. The molecule has 5 fully saturated rings. The van der Waals surface area contributed by atoms with Gasteiger partial charge in [-0.25, -0.2) is 8.78 Å².